The number of ether oxygens (including phenoxy) is 3. The molecule has 0 unspecified atom stereocenters. The molecule has 6 nitrogen and oxygen atoms in total. The molecule has 3 rings (SSSR count). The van der Waals surface area contributed by atoms with Gasteiger partial charge in [-0.25, -0.2) is 5.43 Å². The van der Waals surface area contributed by atoms with E-state index in [-0.39, 0.29) is 5.91 Å². The van der Waals surface area contributed by atoms with Crippen molar-refractivity contribution in [2.75, 3.05) is 20.3 Å². The fraction of sp³-hybridized carbons (Fsp3) is 0.176. The number of benzene rings is 2. The molecule has 1 aliphatic heterocycles. The first-order valence-corrected chi connectivity index (χ1v) is 7.14. The monoisotopic (exact) mass is 312 g/mol. The van der Waals surface area contributed by atoms with Crippen molar-refractivity contribution in [3.8, 4) is 17.2 Å². The van der Waals surface area contributed by atoms with Crippen molar-refractivity contribution in [1.29, 1.82) is 0 Å². The minimum atomic E-state index is -0.326. The molecule has 0 saturated heterocycles. The number of para-hydroxylation sites is 1. The number of nitrogens with zero attached hydrogens (tertiary/aromatic N) is 1. The lowest BCUT2D eigenvalue weighted by Crippen LogP contribution is -2.19. The van der Waals surface area contributed by atoms with Gasteiger partial charge in [0.1, 0.15) is 19.0 Å². The first kappa shape index (κ1) is 14.9. The zero-order valence-electron chi connectivity index (χ0n) is 12.6. The van der Waals surface area contributed by atoms with E-state index in [4.69, 9.17) is 14.2 Å². The minimum absolute atomic E-state index is 0.326. The Morgan fingerprint density at radius 2 is 1.96 bits per heavy atom. The first-order valence-electron chi connectivity index (χ1n) is 7.14. The van der Waals surface area contributed by atoms with E-state index in [1.165, 1.54) is 6.21 Å². The lowest BCUT2D eigenvalue weighted by Gasteiger charge is -2.18. The number of carbonyl (C=O) groups excluding carboxylic acids is 1. The first-order chi connectivity index (χ1) is 11.3. The highest BCUT2D eigenvalue weighted by atomic mass is 16.6. The van der Waals surface area contributed by atoms with E-state index in [9.17, 15) is 4.79 Å². The Kier molecular flexibility index (Phi) is 4.42. The van der Waals surface area contributed by atoms with Crippen LogP contribution in [0.1, 0.15) is 15.9 Å². The molecule has 0 atom stereocenters. The third-order valence-corrected chi connectivity index (χ3v) is 3.31. The predicted molar refractivity (Wildman–Crippen MR) is 85.5 cm³/mol. The Hall–Kier alpha value is -3.02. The zero-order chi connectivity index (χ0) is 16.1. The molecular weight excluding hydrogens is 296 g/mol. The minimum Gasteiger partial charge on any atom is -0.496 e. The third-order valence-electron chi connectivity index (χ3n) is 3.31. The van der Waals surface area contributed by atoms with Gasteiger partial charge in [0.15, 0.2) is 11.5 Å². The number of nitrogens with one attached hydrogen (secondary N) is 1. The number of hydrogen-bond donors (Lipinski definition) is 1. The van der Waals surface area contributed by atoms with Crippen molar-refractivity contribution in [3.05, 3.63) is 53.6 Å². The smallest absolute Gasteiger partial charge is 0.271 e. The second kappa shape index (κ2) is 6.83. The predicted octanol–water partition coefficient (Wildman–Crippen LogP) is 2.23. The van der Waals surface area contributed by atoms with Crippen molar-refractivity contribution in [1.82, 2.24) is 5.43 Å². The molecule has 0 fully saturated rings. The quantitative estimate of drug-likeness (QED) is 0.694. The summed E-state index contributed by atoms with van der Waals surface area (Å²) in [6.45, 7) is 0.992. The molecule has 1 aliphatic rings. The molecule has 6 heteroatoms. The molecule has 1 heterocycles. The van der Waals surface area contributed by atoms with Crippen molar-refractivity contribution >= 4 is 12.1 Å². The van der Waals surface area contributed by atoms with Crippen molar-refractivity contribution in [3.63, 3.8) is 0 Å². The summed E-state index contributed by atoms with van der Waals surface area (Å²) in [6, 6.07) is 12.4. The molecule has 1 amide bonds. The van der Waals surface area contributed by atoms with Crippen LogP contribution >= 0.6 is 0 Å². The Morgan fingerprint density at radius 1 is 1.17 bits per heavy atom. The Bertz CT molecular complexity index is 743. The van der Waals surface area contributed by atoms with Gasteiger partial charge in [-0.3, -0.25) is 4.79 Å². The summed E-state index contributed by atoms with van der Waals surface area (Å²) in [4.78, 5) is 12.1. The average molecular weight is 312 g/mol. The summed E-state index contributed by atoms with van der Waals surface area (Å²) in [7, 11) is 1.58. The van der Waals surface area contributed by atoms with Crippen LogP contribution in [0.25, 0.3) is 0 Å². The van der Waals surface area contributed by atoms with Gasteiger partial charge in [-0.1, -0.05) is 12.1 Å². The van der Waals surface area contributed by atoms with Gasteiger partial charge in [0.2, 0.25) is 0 Å². The molecule has 0 aliphatic carbocycles. The van der Waals surface area contributed by atoms with Gasteiger partial charge in [0.05, 0.1) is 13.3 Å². The number of hydrazone groups is 1. The Balaban J connectivity index is 1.68. The molecule has 0 saturated carbocycles. The van der Waals surface area contributed by atoms with Gasteiger partial charge in [0, 0.05) is 11.1 Å². The summed E-state index contributed by atoms with van der Waals surface area (Å²) >= 11 is 0. The lowest BCUT2D eigenvalue weighted by atomic mass is 10.2. The summed E-state index contributed by atoms with van der Waals surface area (Å²) in [6.07, 6.45) is 1.54. The molecule has 0 bridgehead atoms. The molecule has 118 valence electrons. The van der Waals surface area contributed by atoms with Crippen LogP contribution < -0.4 is 19.6 Å². The maximum atomic E-state index is 12.1. The second-order valence-electron chi connectivity index (χ2n) is 4.80. The molecule has 23 heavy (non-hydrogen) atoms. The van der Waals surface area contributed by atoms with Crippen molar-refractivity contribution in [2.45, 2.75) is 0 Å². The largest absolute Gasteiger partial charge is 0.496 e. The fourth-order valence-electron chi connectivity index (χ4n) is 2.18. The topological polar surface area (TPSA) is 69.2 Å². The third kappa shape index (κ3) is 3.42. The van der Waals surface area contributed by atoms with Gasteiger partial charge in [-0.05, 0) is 30.3 Å². The number of hydrogen-bond acceptors (Lipinski definition) is 5. The van der Waals surface area contributed by atoms with Crippen molar-refractivity contribution in [2.24, 2.45) is 5.10 Å². The highest BCUT2D eigenvalue weighted by Crippen LogP contribution is 2.30. The number of fused-ring (bicyclic) bond motifs is 1. The van der Waals surface area contributed by atoms with E-state index in [1.807, 2.05) is 24.3 Å². The Labute approximate surface area is 133 Å². The van der Waals surface area contributed by atoms with Crippen LogP contribution in [0.4, 0.5) is 0 Å². The SMILES string of the molecule is COc1ccccc1/C=N/NC(=O)c1ccc2c(c1)OCCO2. The number of methoxy groups -OCH3 is 1. The molecule has 0 radical (unpaired) electrons. The molecular formula is C17H16N2O4. The molecule has 0 aromatic heterocycles. The number of rotatable bonds is 4. The van der Waals surface area contributed by atoms with Gasteiger partial charge in [-0.2, -0.15) is 5.10 Å². The summed E-state index contributed by atoms with van der Waals surface area (Å²) in [5.74, 6) is 1.57. The molecule has 0 spiro atoms. The van der Waals surface area contributed by atoms with E-state index in [1.54, 1.807) is 25.3 Å². The van der Waals surface area contributed by atoms with Gasteiger partial charge in [0.25, 0.3) is 5.91 Å². The summed E-state index contributed by atoms with van der Waals surface area (Å²) in [5, 5.41) is 3.96. The van der Waals surface area contributed by atoms with Crippen molar-refractivity contribution < 1.29 is 19.0 Å². The highest BCUT2D eigenvalue weighted by molar-refractivity contribution is 5.95. The fourth-order valence-corrected chi connectivity index (χ4v) is 2.18. The Morgan fingerprint density at radius 3 is 2.78 bits per heavy atom. The van der Waals surface area contributed by atoms with Gasteiger partial charge in [-0.15, -0.1) is 0 Å². The molecule has 2 aromatic carbocycles. The number of carbonyl (C=O) groups is 1. The van der Waals surface area contributed by atoms with E-state index in [0.29, 0.717) is 36.0 Å². The number of amides is 1. The average Bonchev–Trinajstić information content (AvgIpc) is 2.61. The van der Waals surface area contributed by atoms with Crippen LogP contribution in [0.15, 0.2) is 47.6 Å². The van der Waals surface area contributed by atoms with E-state index < -0.39 is 0 Å². The zero-order valence-corrected chi connectivity index (χ0v) is 12.6. The van der Waals surface area contributed by atoms with Crippen LogP contribution in [0.5, 0.6) is 17.2 Å². The van der Waals surface area contributed by atoms with E-state index in [0.717, 1.165) is 5.56 Å². The van der Waals surface area contributed by atoms with Crippen LogP contribution in [0.3, 0.4) is 0 Å². The van der Waals surface area contributed by atoms with Gasteiger partial charge < -0.3 is 14.2 Å². The maximum absolute atomic E-state index is 12.1. The van der Waals surface area contributed by atoms with E-state index in [2.05, 4.69) is 10.5 Å². The van der Waals surface area contributed by atoms with Crippen LogP contribution in [-0.2, 0) is 0 Å². The summed E-state index contributed by atoms with van der Waals surface area (Å²) in [5.41, 5.74) is 3.71. The van der Waals surface area contributed by atoms with Crippen LogP contribution in [0.2, 0.25) is 0 Å². The standard InChI is InChI=1S/C17H16N2O4/c1-21-14-5-3-2-4-13(14)11-18-19-17(20)12-6-7-15-16(10-12)23-9-8-22-15/h2-7,10-11H,8-9H2,1H3,(H,19,20)/b18-11+. The van der Waals surface area contributed by atoms with Gasteiger partial charge >= 0.3 is 0 Å². The highest BCUT2D eigenvalue weighted by Gasteiger charge is 2.14. The van der Waals surface area contributed by atoms with Crippen LogP contribution in [-0.4, -0.2) is 32.4 Å². The molecule has 2 aromatic rings. The lowest BCUT2D eigenvalue weighted by molar-refractivity contribution is 0.0954. The molecule has 1 N–H and O–H groups in total. The second-order valence-corrected chi connectivity index (χ2v) is 4.80. The maximum Gasteiger partial charge on any atom is 0.271 e. The summed E-state index contributed by atoms with van der Waals surface area (Å²) < 4.78 is 16.1. The van der Waals surface area contributed by atoms with E-state index >= 15 is 0 Å². The van der Waals surface area contributed by atoms with Crippen LogP contribution in [0, 0.1) is 0 Å². The normalized spacial score (nSPS) is 12.9.